The summed E-state index contributed by atoms with van der Waals surface area (Å²) >= 11 is 0. The van der Waals surface area contributed by atoms with Crippen molar-refractivity contribution in [3.8, 4) is 0 Å². The van der Waals surface area contributed by atoms with Crippen molar-refractivity contribution >= 4 is 23.7 Å². The van der Waals surface area contributed by atoms with Gasteiger partial charge in [0, 0.05) is 17.6 Å². The molecule has 1 heterocycles. The normalized spacial score (nSPS) is 18.0. The molecule has 1 N–H and O–H groups in total. The van der Waals surface area contributed by atoms with E-state index >= 15 is 0 Å². The van der Waals surface area contributed by atoms with Crippen molar-refractivity contribution in [3.63, 3.8) is 0 Å². The number of rotatable bonds is 6. The number of fused-ring (bicyclic) bond motifs is 1. The van der Waals surface area contributed by atoms with E-state index in [0.29, 0.717) is 17.5 Å². The molecular formula is C21H26N2O5. The molecule has 150 valence electrons. The summed E-state index contributed by atoms with van der Waals surface area (Å²) in [5.74, 6) is -1.36. The number of imide groups is 1. The predicted octanol–water partition coefficient (Wildman–Crippen LogP) is 2.69. The van der Waals surface area contributed by atoms with Crippen LogP contribution in [0.2, 0.25) is 0 Å². The van der Waals surface area contributed by atoms with E-state index in [1.807, 2.05) is 6.92 Å². The number of nitrogens with one attached hydrogen (secondary N) is 1. The molecule has 2 aliphatic rings. The zero-order valence-electron chi connectivity index (χ0n) is 16.3. The standard InChI is InChI=1S/C21H26N2O5/c1-3-14(12-18(24)28-2)22-19(25)13-9-10-16-17(11-13)21(27)23(20(16)26)15-7-5-4-6-8-15/h9-11,14-15H,3-8,12H2,1-2H3,(H,22,25). The minimum absolute atomic E-state index is 0.0528. The number of amides is 3. The molecule has 0 bridgehead atoms. The third kappa shape index (κ3) is 3.93. The lowest BCUT2D eigenvalue weighted by atomic mass is 9.94. The Morgan fingerprint density at radius 1 is 1.14 bits per heavy atom. The first-order chi connectivity index (χ1) is 13.5. The van der Waals surface area contributed by atoms with Crippen LogP contribution in [0.5, 0.6) is 0 Å². The third-order valence-corrected chi connectivity index (χ3v) is 5.59. The molecule has 1 saturated carbocycles. The Balaban J connectivity index is 1.76. The van der Waals surface area contributed by atoms with Crippen LogP contribution in [0.4, 0.5) is 0 Å². The Morgan fingerprint density at radius 2 is 1.82 bits per heavy atom. The Hall–Kier alpha value is -2.70. The van der Waals surface area contributed by atoms with E-state index in [9.17, 15) is 19.2 Å². The molecule has 3 rings (SSSR count). The first kappa shape index (κ1) is 20.0. The summed E-state index contributed by atoms with van der Waals surface area (Å²) in [6.45, 7) is 1.86. The van der Waals surface area contributed by atoms with Gasteiger partial charge in [0.15, 0.2) is 0 Å². The molecule has 0 spiro atoms. The molecule has 1 aromatic rings. The highest BCUT2D eigenvalue weighted by Gasteiger charge is 2.40. The second-order valence-corrected chi connectivity index (χ2v) is 7.39. The molecule has 7 heteroatoms. The number of hydrogen-bond donors (Lipinski definition) is 1. The van der Waals surface area contributed by atoms with Gasteiger partial charge in [0.1, 0.15) is 0 Å². The zero-order valence-corrected chi connectivity index (χ0v) is 16.3. The summed E-state index contributed by atoms with van der Waals surface area (Å²) in [5, 5.41) is 2.79. The number of carbonyl (C=O) groups excluding carboxylic acids is 4. The predicted molar refractivity (Wildman–Crippen MR) is 102 cm³/mol. The maximum absolute atomic E-state index is 12.9. The number of carbonyl (C=O) groups is 4. The van der Waals surface area contributed by atoms with Crippen molar-refractivity contribution in [2.75, 3.05) is 7.11 Å². The zero-order chi connectivity index (χ0) is 20.3. The van der Waals surface area contributed by atoms with Crippen LogP contribution in [0.3, 0.4) is 0 Å². The number of benzene rings is 1. The highest BCUT2D eigenvalue weighted by molar-refractivity contribution is 6.22. The third-order valence-electron chi connectivity index (χ3n) is 5.59. The van der Waals surface area contributed by atoms with Gasteiger partial charge in [0.2, 0.25) is 0 Å². The maximum Gasteiger partial charge on any atom is 0.307 e. The Labute approximate surface area is 164 Å². The van der Waals surface area contributed by atoms with Crippen LogP contribution in [0, 0.1) is 0 Å². The number of esters is 1. The summed E-state index contributed by atoms with van der Waals surface area (Å²) in [4.78, 5) is 51.0. The molecule has 3 amide bonds. The van der Waals surface area contributed by atoms with E-state index < -0.39 is 5.97 Å². The minimum atomic E-state index is -0.398. The lowest BCUT2D eigenvalue weighted by Crippen LogP contribution is -2.40. The number of ether oxygens (including phenoxy) is 1. The molecule has 1 aliphatic heterocycles. The molecule has 1 fully saturated rings. The van der Waals surface area contributed by atoms with Crippen LogP contribution in [0.15, 0.2) is 18.2 Å². The van der Waals surface area contributed by atoms with E-state index in [1.165, 1.54) is 18.1 Å². The van der Waals surface area contributed by atoms with E-state index in [-0.39, 0.29) is 41.8 Å². The van der Waals surface area contributed by atoms with Gasteiger partial charge in [0.25, 0.3) is 17.7 Å². The fourth-order valence-electron chi connectivity index (χ4n) is 3.92. The summed E-state index contributed by atoms with van der Waals surface area (Å²) in [6, 6.07) is 4.18. The quantitative estimate of drug-likeness (QED) is 0.599. The molecule has 0 aromatic heterocycles. The number of methoxy groups -OCH3 is 1. The van der Waals surface area contributed by atoms with E-state index in [2.05, 4.69) is 10.1 Å². The largest absolute Gasteiger partial charge is 0.469 e. The first-order valence-electron chi connectivity index (χ1n) is 9.85. The summed E-state index contributed by atoms with van der Waals surface area (Å²) in [7, 11) is 1.30. The smallest absolute Gasteiger partial charge is 0.307 e. The van der Waals surface area contributed by atoms with Crippen LogP contribution in [-0.2, 0) is 9.53 Å². The molecule has 28 heavy (non-hydrogen) atoms. The van der Waals surface area contributed by atoms with Gasteiger partial charge in [-0.25, -0.2) is 0 Å². The molecule has 7 nitrogen and oxygen atoms in total. The Kier molecular flexibility index (Phi) is 6.11. The SMILES string of the molecule is CCC(CC(=O)OC)NC(=O)c1ccc2c(c1)C(=O)N(C1CCCCC1)C2=O. The van der Waals surface area contributed by atoms with Gasteiger partial charge in [-0.05, 0) is 37.5 Å². The second kappa shape index (κ2) is 8.54. The highest BCUT2D eigenvalue weighted by atomic mass is 16.5. The van der Waals surface area contributed by atoms with Gasteiger partial charge in [-0.15, -0.1) is 0 Å². The second-order valence-electron chi connectivity index (χ2n) is 7.39. The lowest BCUT2D eigenvalue weighted by molar-refractivity contribution is -0.141. The van der Waals surface area contributed by atoms with Crippen molar-refractivity contribution in [2.24, 2.45) is 0 Å². The van der Waals surface area contributed by atoms with Crippen molar-refractivity contribution < 1.29 is 23.9 Å². The Bertz CT molecular complexity index is 798. The average molecular weight is 386 g/mol. The van der Waals surface area contributed by atoms with Crippen molar-refractivity contribution in [1.29, 1.82) is 0 Å². The van der Waals surface area contributed by atoms with Crippen LogP contribution in [-0.4, -0.2) is 47.8 Å². The lowest BCUT2D eigenvalue weighted by Gasteiger charge is -2.29. The molecule has 1 aromatic carbocycles. The molecule has 0 saturated heterocycles. The van der Waals surface area contributed by atoms with E-state index in [0.717, 1.165) is 32.1 Å². The topological polar surface area (TPSA) is 92.8 Å². The molecule has 1 unspecified atom stereocenters. The van der Waals surface area contributed by atoms with Gasteiger partial charge >= 0.3 is 5.97 Å². The summed E-state index contributed by atoms with van der Waals surface area (Å²) < 4.78 is 4.65. The number of hydrogen-bond acceptors (Lipinski definition) is 5. The average Bonchev–Trinajstić information content (AvgIpc) is 2.97. The van der Waals surface area contributed by atoms with Crippen LogP contribution < -0.4 is 5.32 Å². The number of nitrogens with zero attached hydrogens (tertiary/aromatic N) is 1. The molecule has 1 atom stereocenters. The fraction of sp³-hybridized carbons (Fsp3) is 0.524. The van der Waals surface area contributed by atoms with Gasteiger partial charge in [-0.1, -0.05) is 26.2 Å². The van der Waals surface area contributed by atoms with Gasteiger partial charge in [0.05, 0.1) is 24.7 Å². The van der Waals surface area contributed by atoms with Gasteiger partial charge in [-0.2, -0.15) is 0 Å². The van der Waals surface area contributed by atoms with Crippen LogP contribution in [0.25, 0.3) is 0 Å². The first-order valence-corrected chi connectivity index (χ1v) is 9.85. The maximum atomic E-state index is 12.9. The van der Waals surface area contributed by atoms with Crippen molar-refractivity contribution in [2.45, 2.75) is 64.0 Å². The van der Waals surface area contributed by atoms with E-state index in [1.54, 1.807) is 12.1 Å². The molecular weight excluding hydrogens is 360 g/mol. The minimum Gasteiger partial charge on any atom is -0.469 e. The van der Waals surface area contributed by atoms with E-state index in [4.69, 9.17) is 0 Å². The molecule has 1 aliphatic carbocycles. The van der Waals surface area contributed by atoms with Crippen molar-refractivity contribution in [1.82, 2.24) is 10.2 Å². The van der Waals surface area contributed by atoms with Crippen LogP contribution >= 0.6 is 0 Å². The summed E-state index contributed by atoms with van der Waals surface area (Å²) in [5.41, 5.74) is 0.937. The fourth-order valence-corrected chi connectivity index (χ4v) is 3.92. The van der Waals surface area contributed by atoms with Crippen LogP contribution in [0.1, 0.15) is 82.9 Å². The molecule has 0 radical (unpaired) electrons. The monoisotopic (exact) mass is 386 g/mol. The van der Waals surface area contributed by atoms with Gasteiger partial charge < -0.3 is 10.1 Å². The van der Waals surface area contributed by atoms with Gasteiger partial charge in [-0.3, -0.25) is 24.1 Å². The summed E-state index contributed by atoms with van der Waals surface area (Å²) in [6.07, 6.45) is 5.49. The highest BCUT2D eigenvalue weighted by Crippen LogP contribution is 2.31. The van der Waals surface area contributed by atoms with Crippen molar-refractivity contribution in [3.05, 3.63) is 34.9 Å². The Morgan fingerprint density at radius 3 is 2.46 bits per heavy atom.